The van der Waals surface area contributed by atoms with E-state index in [0.29, 0.717) is 0 Å². The predicted octanol–water partition coefficient (Wildman–Crippen LogP) is 5.28. The Morgan fingerprint density at radius 1 is 0.795 bits per heavy atom. The van der Waals surface area contributed by atoms with Crippen LogP contribution in [0.2, 0.25) is 0 Å². The number of rotatable bonds is 9. The van der Waals surface area contributed by atoms with Gasteiger partial charge in [-0.1, -0.05) is 12.1 Å². The van der Waals surface area contributed by atoms with Gasteiger partial charge in [-0.2, -0.15) is 13.2 Å². The second-order valence-electron chi connectivity index (χ2n) is 7.76. The van der Waals surface area contributed by atoms with Crippen LogP contribution in [0.25, 0.3) is 6.08 Å². The highest BCUT2D eigenvalue weighted by Crippen LogP contribution is 2.31. The predicted molar refractivity (Wildman–Crippen MR) is 127 cm³/mol. The van der Waals surface area contributed by atoms with Gasteiger partial charge < -0.3 is 25.2 Å². The molecule has 2 amide bonds. The molecule has 0 atom stereocenters. The molecular weight excluding hydrogens is 534 g/mol. The van der Waals surface area contributed by atoms with Crippen LogP contribution in [0.4, 0.5) is 26.3 Å². The second-order valence-corrected chi connectivity index (χ2v) is 7.76. The molecule has 0 heterocycles. The van der Waals surface area contributed by atoms with Crippen molar-refractivity contribution in [3.63, 3.8) is 0 Å². The van der Waals surface area contributed by atoms with Crippen LogP contribution >= 0.6 is 0 Å². The van der Waals surface area contributed by atoms with Crippen molar-refractivity contribution in [2.45, 2.75) is 12.5 Å². The number of alkyl halides is 6. The number of halogens is 6. The average Bonchev–Trinajstić information content (AvgIpc) is 2.87. The number of carbonyl (C=O) groups excluding carboxylic acids is 2. The van der Waals surface area contributed by atoms with Crippen molar-refractivity contribution in [1.29, 1.82) is 0 Å². The van der Waals surface area contributed by atoms with Crippen molar-refractivity contribution in [1.82, 2.24) is 10.6 Å². The van der Waals surface area contributed by atoms with E-state index in [1.54, 1.807) is 0 Å². The van der Waals surface area contributed by atoms with Crippen LogP contribution in [-0.4, -0.2) is 36.4 Å². The van der Waals surface area contributed by atoms with E-state index >= 15 is 0 Å². The molecule has 7 nitrogen and oxygen atoms in total. The van der Waals surface area contributed by atoms with Crippen LogP contribution in [0.5, 0.6) is 17.2 Å². The molecule has 0 bridgehead atoms. The molecule has 0 saturated heterocycles. The maximum atomic E-state index is 12.8. The fourth-order valence-corrected chi connectivity index (χ4v) is 3.07. The van der Waals surface area contributed by atoms with Crippen LogP contribution in [0.1, 0.15) is 21.5 Å². The summed E-state index contributed by atoms with van der Waals surface area (Å²) in [4.78, 5) is 25.3. The Morgan fingerprint density at radius 2 is 1.33 bits per heavy atom. The van der Waals surface area contributed by atoms with E-state index in [2.05, 4.69) is 15.4 Å². The summed E-state index contributed by atoms with van der Waals surface area (Å²) in [5.74, 6) is -1.61. The molecule has 3 N–H and O–H groups in total. The number of nitrogens with one attached hydrogen (secondary N) is 2. The normalized spacial score (nSPS) is 12.0. The van der Waals surface area contributed by atoms with Crippen LogP contribution in [0, 0.1) is 0 Å². The Hall–Kier alpha value is -4.52. The highest BCUT2D eigenvalue weighted by atomic mass is 19.4. The molecular formula is C26H20F6N2O5. The quantitative estimate of drug-likeness (QED) is 0.247. The minimum Gasteiger partial charge on any atom is -0.457 e. The van der Waals surface area contributed by atoms with Crippen molar-refractivity contribution >= 4 is 17.9 Å². The van der Waals surface area contributed by atoms with E-state index < -0.39 is 35.7 Å². The average molecular weight is 554 g/mol. The molecule has 3 rings (SSSR count). The van der Waals surface area contributed by atoms with Gasteiger partial charge in [0, 0.05) is 12.1 Å². The summed E-state index contributed by atoms with van der Waals surface area (Å²) >= 11 is 0. The first-order valence-corrected chi connectivity index (χ1v) is 11.1. The van der Waals surface area contributed by atoms with Crippen molar-refractivity contribution in [2.75, 3.05) is 13.2 Å². The van der Waals surface area contributed by atoms with Crippen LogP contribution < -0.4 is 20.1 Å². The van der Waals surface area contributed by atoms with E-state index in [4.69, 9.17) is 9.84 Å². The van der Waals surface area contributed by atoms with Gasteiger partial charge in [-0.15, -0.1) is 13.2 Å². The topological polar surface area (TPSA) is 96.9 Å². The van der Waals surface area contributed by atoms with Gasteiger partial charge in [0.15, 0.2) is 0 Å². The maximum absolute atomic E-state index is 12.8. The standard InChI is InChI=1S/C26H20F6N2O5/c27-25(28,29)18-5-11-20(12-6-18)38-19-9-3-17(4-10-19)23(36)34-22(24(37)33-13-14-35)15-16-1-7-21(8-2-16)39-26(30,31)32/h1-12,15,35H,13-14H2,(H,33,37)(H,34,36). The fourth-order valence-electron chi connectivity index (χ4n) is 3.07. The summed E-state index contributed by atoms with van der Waals surface area (Å²) in [6, 6.07) is 14.0. The zero-order valence-electron chi connectivity index (χ0n) is 19.8. The number of aliphatic hydroxyl groups excluding tert-OH is 1. The Morgan fingerprint density at radius 3 is 1.85 bits per heavy atom. The maximum Gasteiger partial charge on any atom is 0.573 e. The van der Waals surface area contributed by atoms with Gasteiger partial charge in [0.25, 0.3) is 11.8 Å². The van der Waals surface area contributed by atoms with Crippen LogP contribution in [0.15, 0.2) is 78.5 Å². The van der Waals surface area contributed by atoms with Crippen molar-refractivity contribution in [3.8, 4) is 17.2 Å². The number of benzene rings is 3. The smallest absolute Gasteiger partial charge is 0.457 e. The van der Waals surface area contributed by atoms with E-state index in [1.165, 1.54) is 42.5 Å². The van der Waals surface area contributed by atoms with E-state index in [-0.39, 0.29) is 41.5 Å². The third-order valence-electron chi connectivity index (χ3n) is 4.85. The van der Waals surface area contributed by atoms with Crippen molar-refractivity contribution in [2.24, 2.45) is 0 Å². The lowest BCUT2D eigenvalue weighted by Crippen LogP contribution is -2.36. The second kappa shape index (κ2) is 12.3. The first-order valence-electron chi connectivity index (χ1n) is 11.1. The Balaban J connectivity index is 1.72. The number of ether oxygens (including phenoxy) is 2. The van der Waals surface area contributed by atoms with E-state index in [0.717, 1.165) is 36.4 Å². The molecule has 39 heavy (non-hydrogen) atoms. The number of aliphatic hydroxyl groups is 1. The van der Waals surface area contributed by atoms with Gasteiger partial charge in [0.2, 0.25) is 0 Å². The van der Waals surface area contributed by atoms with E-state index in [9.17, 15) is 35.9 Å². The van der Waals surface area contributed by atoms with Crippen molar-refractivity contribution in [3.05, 3.63) is 95.2 Å². The van der Waals surface area contributed by atoms with Crippen LogP contribution in [0.3, 0.4) is 0 Å². The monoisotopic (exact) mass is 554 g/mol. The lowest BCUT2D eigenvalue weighted by Gasteiger charge is -2.12. The first kappa shape index (κ1) is 29.0. The summed E-state index contributed by atoms with van der Waals surface area (Å²) in [5, 5.41) is 13.7. The van der Waals surface area contributed by atoms with Crippen molar-refractivity contribution < 1.29 is 50.5 Å². The molecule has 0 aromatic heterocycles. The molecule has 0 unspecified atom stereocenters. The molecule has 0 aliphatic heterocycles. The number of hydrogen-bond donors (Lipinski definition) is 3. The zero-order chi connectivity index (χ0) is 28.6. The molecule has 13 heteroatoms. The zero-order valence-corrected chi connectivity index (χ0v) is 19.8. The van der Waals surface area contributed by atoms with Gasteiger partial charge in [-0.25, -0.2) is 0 Å². The molecule has 3 aromatic carbocycles. The van der Waals surface area contributed by atoms with Crippen LogP contribution in [-0.2, 0) is 11.0 Å². The molecule has 0 aliphatic carbocycles. The number of amides is 2. The van der Waals surface area contributed by atoms with Gasteiger partial charge in [-0.3, -0.25) is 9.59 Å². The summed E-state index contributed by atoms with van der Waals surface area (Å²) in [6.07, 6.45) is -8.15. The summed E-state index contributed by atoms with van der Waals surface area (Å²) in [6.45, 7) is -0.503. The fraction of sp³-hybridized carbons (Fsp3) is 0.154. The third kappa shape index (κ3) is 9.07. The molecule has 0 radical (unpaired) electrons. The molecule has 0 fully saturated rings. The SMILES string of the molecule is O=C(NCCO)C(=Cc1ccc(OC(F)(F)F)cc1)NC(=O)c1ccc(Oc2ccc(C(F)(F)F)cc2)cc1. The molecule has 0 saturated carbocycles. The Kier molecular flexibility index (Phi) is 9.20. The summed E-state index contributed by atoms with van der Waals surface area (Å²) in [5.41, 5.74) is -0.744. The largest absolute Gasteiger partial charge is 0.573 e. The van der Waals surface area contributed by atoms with Gasteiger partial charge in [0.1, 0.15) is 22.9 Å². The third-order valence-corrected chi connectivity index (χ3v) is 4.85. The molecule has 206 valence electrons. The minimum atomic E-state index is -4.88. The Bertz CT molecular complexity index is 1300. The summed E-state index contributed by atoms with van der Waals surface area (Å²) in [7, 11) is 0. The first-order chi connectivity index (χ1) is 18.3. The van der Waals surface area contributed by atoms with Gasteiger partial charge >= 0.3 is 12.5 Å². The van der Waals surface area contributed by atoms with Gasteiger partial charge in [0.05, 0.1) is 12.2 Å². The minimum absolute atomic E-state index is 0.0875. The molecule has 0 aliphatic rings. The lowest BCUT2D eigenvalue weighted by atomic mass is 10.1. The van der Waals surface area contributed by atoms with Gasteiger partial charge in [-0.05, 0) is 72.3 Å². The molecule has 0 spiro atoms. The van der Waals surface area contributed by atoms with E-state index in [1.807, 2.05) is 0 Å². The number of hydrogen-bond acceptors (Lipinski definition) is 5. The Labute approximate surface area is 217 Å². The highest BCUT2D eigenvalue weighted by Gasteiger charge is 2.31. The summed E-state index contributed by atoms with van der Waals surface area (Å²) < 4.78 is 84.5. The lowest BCUT2D eigenvalue weighted by molar-refractivity contribution is -0.274. The number of carbonyl (C=O) groups is 2. The molecule has 3 aromatic rings. The highest BCUT2D eigenvalue weighted by molar-refractivity contribution is 6.05.